The van der Waals surface area contributed by atoms with Gasteiger partial charge in [-0.1, -0.05) is 18.2 Å². The molecule has 0 bridgehead atoms. The van der Waals surface area contributed by atoms with E-state index in [2.05, 4.69) is 5.32 Å². The lowest BCUT2D eigenvalue weighted by Crippen LogP contribution is -2.29. The SMILES string of the molecule is COCCCNC(=O)c1ccc(S(=O)(=O)N2CCc3ccccc32)cc1. The highest BCUT2D eigenvalue weighted by Crippen LogP contribution is 2.32. The maximum Gasteiger partial charge on any atom is 0.264 e. The Hall–Kier alpha value is -2.38. The zero-order valence-corrected chi connectivity index (χ0v) is 15.5. The monoisotopic (exact) mass is 374 g/mol. The first-order chi connectivity index (χ1) is 12.5. The van der Waals surface area contributed by atoms with Gasteiger partial charge in [-0.25, -0.2) is 8.42 Å². The van der Waals surface area contributed by atoms with Crippen LogP contribution in [0.4, 0.5) is 5.69 Å². The van der Waals surface area contributed by atoms with Crippen molar-refractivity contribution in [3.05, 3.63) is 59.7 Å². The molecule has 0 fully saturated rings. The van der Waals surface area contributed by atoms with E-state index in [1.807, 2.05) is 24.3 Å². The van der Waals surface area contributed by atoms with Gasteiger partial charge in [0, 0.05) is 32.4 Å². The number of benzene rings is 2. The molecule has 6 nitrogen and oxygen atoms in total. The largest absolute Gasteiger partial charge is 0.385 e. The molecule has 7 heteroatoms. The summed E-state index contributed by atoms with van der Waals surface area (Å²) in [6.45, 7) is 1.52. The van der Waals surface area contributed by atoms with Crippen LogP contribution in [-0.2, 0) is 21.2 Å². The minimum Gasteiger partial charge on any atom is -0.385 e. The first-order valence-corrected chi connectivity index (χ1v) is 9.96. The Bertz CT molecular complexity index is 879. The zero-order valence-electron chi connectivity index (χ0n) is 14.6. The third-order valence-corrected chi connectivity index (χ3v) is 6.19. The Kier molecular flexibility index (Phi) is 5.58. The van der Waals surface area contributed by atoms with E-state index in [1.165, 1.54) is 16.4 Å². The number of carbonyl (C=O) groups is 1. The van der Waals surface area contributed by atoms with Crippen LogP contribution in [0.15, 0.2) is 53.4 Å². The molecule has 1 N–H and O–H groups in total. The average Bonchev–Trinajstić information content (AvgIpc) is 3.10. The predicted molar refractivity (Wildman–Crippen MR) is 99.9 cm³/mol. The number of fused-ring (bicyclic) bond motifs is 1. The lowest BCUT2D eigenvalue weighted by atomic mass is 10.2. The fourth-order valence-electron chi connectivity index (χ4n) is 2.98. The van der Waals surface area contributed by atoms with Crippen LogP contribution in [0.1, 0.15) is 22.3 Å². The van der Waals surface area contributed by atoms with Gasteiger partial charge in [0.05, 0.1) is 10.6 Å². The average molecular weight is 374 g/mol. The number of amides is 1. The van der Waals surface area contributed by atoms with Gasteiger partial charge in [0.15, 0.2) is 0 Å². The molecule has 1 amide bonds. The Morgan fingerprint density at radius 1 is 1.15 bits per heavy atom. The van der Waals surface area contributed by atoms with Gasteiger partial charge >= 0.3 is 0 Å². The smallest absolute Gasteiger partial charge is 0.264 e. The number of anilines is 1. The van der Waals surface area contributed by atoms with E-state index in [9.17, 15) is 13.2 Å². The van der Waals surface area contributed by atoms with Crippen LogP contribution in [-0.4, -0.2) is 41.1 Å². The minimum atomic E-state index is -3.63. The third kappa shape index (κ3) is 3.73. The summed E-state index contributed by atoms with van der Waals surface area (Å²) in [7, 11) is -2.02. The highest BCUT2D eigenvalue weighted by Gasteiger charge is 2.30. The van der Waals surface area contributed by atoms with Crippen molar-refractivity contribution in [2.75, 3.05) is 31.1 Å². The summed E-state index contributed by atoms with van der Waals surface area (Å²) in [5.74, 6) is -0.225. The number of rotatable bonds is 7. The van der Waals surface area contributed by atoms with Crippen molar-refractivity contribution in [2.24, 2.45) is 0 Å². The number of ether oxygens (including phenoxy) is 1. The van der Waals surface area contributed by atoms with Gasteiger partial charge in [0.1, 0.15) is 0 Å². The zero-order chi connectivity index (χ0) is 18.6. The van der Waals surface area contributed by atoms with Gasteiger partial charge in [-0.15, -0.1) is 0 Å². The molecular weight excluding hydrogens is 352 g/mol. The van der Waals surface area contributed by atoms with Crippen LogP contribution >= 0.6 is 0 Å². The highest BCUT2D eigenvalue weighted by atomic mass is 32.2. The molecule has 2 aromatic carbocycles. The van der Waals surface area contributed by atoms with Crippen molar-refractivity contribution >= 4 is 21.6 Å². The normalized spacial score (nSPS) is 13.5. The second kappa shape index (κ2) is 7.88. The summed E-state index contributed by atoms with van der Waals surface area (Å²) < 4.78 is 32.2. The Balaban J connectivity index is 1.73. The maximum absolute atomic E-state index is 12.9. The molecule has 3 rings (SSSR count). The number of carbonyl (C=O) groups excluding carboxylic acids is 1. The van der Waals surface area contributed by atoms with Crippen molar-refractivity contribution in [1.29, 1.82) is 0 Å². The number of nitrogens with zero attached hydrogens (tertiary/aromatic N) is 1. The quantitative estimate of drug-likeness (QED) is 0.754. The maximum atomic E-state index is 12.9. The summed E-state index contributed by atoms with van der Waals surface area (Å²) in [5.41, 5.74) is 2.19. The van der Waals surface area contributed by atoms with Crippen molar-refractivity contribution in [1.82, 2.24) is 5.32 Å². The second-order valence-electron chi connectivity index (χ2n) is 6.08. The summed E-state index contributed by atoms with van der Waals surface area (Å²) in [5, 5.41) is 2.78. The van der Waals surface area contributed by atoms with Crippen molar-refractivity contribution in [2.45, 2.75) is 17.7 Å². The Morgan fingerprint density at radius 3 is 2.62 bits per heavy atom. The first-order valence-electron chi connectivity index (χ1n) is 8.52. The topological polar surface area (TPSA) is 75.7 Å². The molecule has 1 aliphatic heterocycles. The lowest BCUT2D eigenvalue weighted by Gasteiger charge is -2.19. The van der Waals surface area contributed by atoms with Crippen molar-refractivity contribution in [3.63, 3.8) is 0 Å². The van der Waals surface area contributed by atoms with Gasteiger partial charge in [0.2, 0.25) is 0 Å². The van der Waals surface area contributed by atoms with Gasteiger partial charge in [-0.05, 0) is 48.7 Å². The number of methoxy groups -OCH3 is 1. The van der Waals surface area contributed by atoms with E-state index in [0.29, 0.717) is 31.7 Å². The molecule has 138 valence electrons. The standard InChI is InChI=1S/C19H22N2O4S/c1-25-14-4-12-20-19(22)16-7-9-17(10-8-16)26(23,24)21-13-11-15-5-2-3-6-18(15)21/h2-3,5-10H,4,11-14H2,1H3,(H,20,22). The van der Waals surface area contributed by atoms with Crippen LogP contribution in [0, 0.1) is 0 Å². The van der Waals surface area contributed by atoms with Crippen molar-refractivity contribution < 1.29 is 17.9 Å². The fraction of sp³-hybridized carbons (Fsp3) is 0.316. The predicted octanol–water partition coefficient (Wildman–Crippen LogP) is 2.20. The fourth-order valence-corrected chi connectivity index (χ4v) is 4.49. The highest BCUT2D eigenvalue weighted by molar-refractivity contribution is 7.92. The van der Waals surface area contributed by atoms with Gasteiger partial charge in [-0.2, -0.15) is 0 Å². The Morgan fingerprint density at radius 2 is 1.88 bits per heavy atom. The molecule has 2 aromatic rings. The molecule has 1 aliphatic rings. The van der Waals surface area contributed by atoms with Gasteiger partial charge in [-0.3, -0.25) is 9.10 Å². The second-order valence-corrected chi connectivity index (χ2v) is 7.94. The minimum absolute atomic E-state index is 0.185. The number of hydrogen-bond acceptors (Lipinski definition) is 4. The molecule has 0 unspecified atom stereocenters. The Labute approximate surface area is 153 Å². The van der Waals surface area contributed by atoms with Crippen LogP contribution in [0.3, 0.4) is 0 Å². The van der Waals surface area contributed by atoms with Crippen LogP contribution in [0.2, 0.25) is 0 Å². The summed E-state index contributed by atoms with van der Waals surface area (Å²) in [6.07, 6.45) is 1.43. The third-order valence-electron chi connectivity index (χ3n) is 4.36. The lowest BCUT2D eigenvalue weighted by molar-refractivity contribution is 0.0948. The van der Waals surface area contributed by atoms with Gasteiger partial charge < -0.3 is 10.1 Å². The molecule has 0 spiro atoms. The van der Waals surface area contributed by atoms with E-state index in [0.717, 1.165) is 17.7 Å². The summed E-state index contributed by atoms with van der Waals surface area (Å²) in [4.78, 5) is 12.3. The molecule has 0 aliphatic carbocycles. The summed E-state index contributed by atoms with van der Waals surface area (Å²) in [6, 6.07) is 13.6. The molecule has 26 heavy (non-hydrogen) atoms. The van der Waals surface area contributed by atoms with E-state index >= 15 is 0 Å². The molecule has 0 saturated carbocycles. The van der Waals surface area contributed by atoms with Crippen LogP contribution < -0.4 is 9.62 Å². The van der Waals surface area contributed by atoms with Gasteiger partial charge in [0.25, 0.3) is 15.9 Å². The number of sulfonamides is 1. The molecule has 0 atom stereocenters. The molecule has 1 heterocycles. The van der Waals surface area contributed by atoms with E-state index in [4.69, 9.17) is 4.74 Å². The number of nitrogens with one attached hydrogen (secondary N) is 1. The molecule has 0 aromatic heterocycles. The summed E-state index contributed by atoms with van der Waals surface area (Å²) >= 11 is 0. The number of hydrogen-bond donors (Lipinski definition) is 1. The van der Waals surface area contributed by atoms with Crippen molar-refractivity contribution in [3.8, 4) is 0 Å². The molecule has 0 saturated heterocycles. The van der Waals surface area contributed by atoms with Crippen LogP contribution in [0.5, 0.6) is 0 Å². The first kappa shape index (κ1) is 18.4. The molecule has 0 radical (unpaired) electrons. The van der Waals surface area contributed by atoms with E-state index in [1.54, 1.807) is 19.2 Å². The molecular formula is C19H22N2O4S. The van der Waals surface area contributed by atoms with E-state index in [-0.39, 0.29) is 10.8 Å². The van der Waals surface area contributed by atoms with Crippen LogP contribution in [0.25, 0.3) is 0 Å². The van der Waals surface area contributed by atoms with E-state index < -0.39 is 10.0 Å². The number of para-hydroxylation sites is 1.